The van der Waals surface area contributed by atoms with Gasteiger partial charge in [-0.1, -0.05) is 30.3 Å². The summed E-state index contributed by atoms with van der Waals surface area (Å²) in [5, 5.41) is 0. The molecule has 0 radical (unpaired) electrons. The van der Waals surface area contributed by atoms with Gasteiger partial charge in [-0.25, -0.2) is 13.2 Å². The molecule has 1 saturated heterocycles. The predicted octanol–water partition coefficient (Wildman–Crippen LogP) is 1.20. The van der Waals surface area contributed by atoms with Crippen LogP contribution in [0.1, 0.15) is 25.3 Å². The highest BCUT2D eigenvalue weighted by atomic mass is 32.2. The Labute approximate surface area is 142 Å². The van der Waals surface area contributed by atoms with Gasteiger partial charge in [-0.05, 0) is 25.3 Å². The smallest absolute Gasteiger partial charge is 0.328 e. The third-order valence-corrected chi connectivity index (χ3v) is 6.07. The normalized spacial score (nSPS) is 20.3. The van der Waals surface area contributed by atoms with Crippen LogP contribution in [0.5, 0.6) is 0 Å². The lowest BCUT2D eigenvalue weighted by Gasteiger charge is -2.32. The molecule has 1 aliphatic heterocycles. The number of sulfone groups is 1. The molecule has 6 nitrogen and oxygen atoms in total. The van der Waals surface area contributed by atoms with Crippen LogP contribution in [0.2, 0.25) is 0 Å². The molecule has 0 aromatic heterocycles. The van der Waals surface area contributed by atoms with Crippen molar-refractivity contribution in [3.63, 3.8) is 0 Å². The maximum Gasteiger partial charge on any atom is 0.328 e. The Morgan fingerprint density at radius 2 is 1.96 bits per heavy atom. The number of nitrogens with zero attached hydrogens (tertiary/aromatic N) is 1. The van der Waals surface area contributed by atoms with Crippen LogP contribution in [0.4, 0.5) is 0 Å². The van der Waals surface area contributed by atoms with Crippen molar-refractivity contribution in [2.24, 2.45) is 0 Å². The van der Waals surface area contributed by atoms with Gasteiger partial charge in [0.25, 0.3) is 0 Å². The van der Waals surface area contributed by atoms with Crippen molar-refractivity contribution in [2.75, 3.05) is 18.6 Å². The highest BCUT2D eigenvalue weighted by Crippen LogP contribution is 2.22. The van der Waals surface area contributed by atoms with Crippen molar-refractivity contribution < 1.29 is 22.7 Å². The van der Waals surface area contributed by atoms with Crippen molar-refractivity contribution >= 4 is 21.7 Å². The van der Waals surface area contributed by atoms with Crippen LogP contribution in [0.3, 0.4) is 0 Å². The van der Waals surface area contributed by atoms with Gasteiger partial charge in [-0.2, -0.15) is 0 Å². The van der Waals surface area contributed by atoms with E-state index in [1.165, 1.54) is 12.0 Å². The van der Waals surface area contributed by atoms with Crippen LogP contribution in [0.25, 0.3) is 0 Å². The number of methoxy groups -OCH3 is 1. The lowest BCUT2D eigenvalue weighted by atomic mass is 10.1. The third-order valence-electron chi connectivity index (χ3n) is 4.32. The van der Waals surface area contributed by atoms with E-state index in [1.54, 1.807) is 6.92 Å². The van der Waals surface area contributed by atoms with Gasteiger partial charge in [0.2, 0.25) is 5.91 Å². The molecule has 132 valence electrons. The number of carbonyl (C=O) groups excluding carboxylic acids is 2. The quantitative estimate of drug-likeness (QED) is 0.718. The van der Waals surface area contributed by atoms with Gasteiger partial charge in [0.15, 0.2) is 9.84 Å². The summed E-state index contributed by atoms with van der Waals surface area (Å²) in [6.45, 7) is 1.58. The van der Waals surface area contributed by atoms with Gasteiger partial charge in [0.05, 0.1) is 18.6 Å². The SMILES string of the molecule is COC(=O)[C@@H](C)N(C(=O)CCc1ccccc1)[C@@H]1CCS(=O)(=O)C1. The summed E-state index contributed by atoms with van der Waals surface area (Å²) in [4.78, 5) is 26.0. The number of esters is 1. The van der Waals surface area contributed by atoms with E-state index in [2.05, 4.69) is 0 Å². The van der Waals surface area contributed by atoms with E-state index in [4.69, 9.17) is 4.74 Å². The van der Waals surface area contributed by atoms with Crippen LogP contribution in [0.15, 0.2) is 30.3 Å². The average Bonchev–Trinajstić information content (AvgIpc) is 2.92. The number of hydrogen-bond donors (Lipinski definition) is 0. The summed E-state index contributed by atoms with van der Waals surface area (Å²) in [7, 11) is -1.89. The molecule has 1 heterocycles. The molecule has 1 fully saturated rings. The minimum Gasteiger partial charge on any atom is -0.467 e. The zero-order valence-electron chi connectivity index (χ0n) is 14.0. The van der Waals surface area contributed by atoms with Gasteiger partial charge >= 0.3 is 5.97 Å². The number of amides is 1. The van der Waals surface area contributed by atoms with Crippen LogP contribution < -0.4 is 0 Å². The molecule has 0 bridgehead atoms. The fraction of sp³-hybridized carbons (Fsp3) is 0.529. The van der Waals surface area contributed by atoms with Gasteiger partial charge in [-0.15, -0.1) is 0 Å². The number of rotatable bonds is 6. The summed E-state index contributed by atoms with van der Waals surface area (Å²) >= 11 is 0. The molecule has 1 aliphatic rings. The Hall–Kier alpha value is -1.89. The maximum absolute atomic E-state index is 12.7. The number of ether oxygens (including phenoxy) is 1. The largest absolute Gasteiger partial charge is 0.467 e. The van der Waals surface area contributed by atoms with Crippen LogP contribution >= 0.6 is 0 Å². The molecule has 0 N–H and O–H groups in total. The molecule has 1 aromatic rings. The van der Waals surface area contributed by atoms with Gasteiger partial charge in [-0.3, -0.25) is 4.79 Å². The Kier molecular flexibility index (Phi) is 5.99. The van der Waals surface area contributed by atoms with E-state index in [-0.39, 0.29) is 23.8 Å². The molecule has 7 heteroatoms. The summed E-state index contributed by atoms with van der Waals surface area (Å²) in [6.07, 6.45) is 1.13. The van der Waals surface area contributed by atoms with E-state index in [9.17, 15) is 18.0 Å². The molecule has 1 amide bonds. The van der Waals surface area contributed by atoms with Crippen molar-refractivity contribution in [1.82, 2.24) is 4.90 Å². The Balaban J connectivity index is 2.12. The highest BCUT2D eigenvalue weighted by Gasteiger charge is 2.39. The Morgan fingerprint density at radius 1 is 1.29 bits per heavy atom. The summed E-state index contributed by atoms with van der Waals surface area (Å²) in [5.74, 6) is -0.800. The van der Waals surface area contributed by atoms with E-state index in [1.807, 2.05) is 30.3 Å². The molecule has 0 aliphatic carbocycles. The van der Waals surface area contributed by atoms with Crippen LogP contribution in [-0.2, 0) is 30.6 Å². The van der Waals surface area contributed by atoms with Crippen LogP contribution in [0, 0.1) is 0 Å². The fourth-order valence-corrected chi connectivity index (χ4v) is 4.75. The predicted molar refractivity (Wildman–Crippen MR) is 90.1 cm³/mol. The summed E-state index contributed by atoms with van der Waals surface area (Å²) in [5.41, 5.74) is 1.02. The second-order valence-electron chi connectivity index (χ2n) is 6.04. The minimum atomic E-state index is -3.15. The van der Waals surface area contributed by atoms with E-state index in [0.717, 1.165) is 5.56 Å². The first-order chi connectivity index (χ1) is 11.3. The second-order valence-corrected chi connectivity index (χ2v) is 8.27. The van der Waals surface area contributed by atoms with Crippen molar-refractivity contribution in [1.29, 1.82) is 0 Å². The minimum absolute atomic E-state index is 0.0496. The molecular formula is C17H23NO5S. The first kappa shape index (κ1) is 18.4. The van der Waals surface area contributed by atoms with E-state index in [0.29, 0.717) is 12.8 Å². The van der Waals surface area contributed by atoms with E-state index >= 15 is 0 Å². The molecule has 0 spiro atoms. The molecule has 24 heavy (non-hydrogen) atoms. The highest BCUT2D eigenvalue weighted by molar-refractivity contribution is 7.91. The topological polar surface area (TPSA) is 80.8 Å². The molecular weight excluding hydrogens is 330 g/mol. The Morgan fingerprint density at radius 3 is 2.50 bits per heavy atom. The molecule has 0 unspecified atom stereocenters. The zero-order valence-corrected chi connectivity index (χ0v) is 14.8. The summed E-state index contributed by atoms with van der Waals surface area (Å²) < 4.78 is 28.2. The van der Waals surface area contributed by atoms with E-state index < -0.39 is 27.9 Å². The van der Waals surface area contributed by atoms with Crippen molar-refractivity contribution in [2.45, 2.75) is 38.3 Å². The number of aryl methyl sites for hydroxylation is 1. The van der Waals surface area contributed by atoms with Crippen molar-refractivity contribution in [3.05, 3.63) is 35.9 Å². The first-order valence-electron chi connectivity index (χ1n) is 7.97. The monoisotopic (exact) mass is 353 g/mol. The number of benzene rings is 1. The van der Waals surface area contributed by atoms with Gasteiger partial charge in [0, 0.05) is 12.5 Å². The maximum atomic E-state index is 12.7. The Bertz CT molecular complexity index is 686. The lowest BCUT2D eigenvalue weighted by molar-refractivity contribution is -0.153. The number of hydrogen-bond acceptors (Lipinski definition) is 5. The van der Waals surface area contributed by atoms with Crippen LogP contribution in [-0.4, -0.2) is 55.9 Å². The van der Waals surface area contributed by atoms with Gasteiger partial charge < -0.3 is 9.64 Å². The van der Waals surface area contributed by atoms with Gasteiger partial charge in [0.1, 0.15) is 6.04 Å². The fourth-order valence-electron chi connectivity index (χ4n) is 3.04. The molecule has 2 atom stereocenters. The molecule has 1 aromatic carbocycles. The first-order valence-corrected chi connectivity index (χ1v) is 9.79. The molecule has 2 rings (SSSR count). The average molecular weight is 353 g/mol. The summed E-state index contributed by atoms with van der Waals surface area (Å²) in [6, 6.07) is 8.31. The second kappa shape index (κ2) is 7.79. The third kappa shape index (κ3) is 4.56. The number of carbonyl (C=O) groups is 2. The zero-order chi connectivity index (χ0) is 17.7. The standard InChI is InChI=1S/C17H23NO5S/c1-13(17(20)23-2)18(15-10-11-24(21,22)12-15)16(19)9-8-14-6-4-3-5-7-14/h3-7,13,15H,8-12H2,1-2H3/t13-,15-/m1/s1. The van der Waals surface area contributed by atoms with Crippen molar-refractivity contribution in [3.8, 4) is 0 Å². The molecule has 0 saturated carbocycles. The lowest BCUT2D eigenvalue weighted by Crippen LogP contribution is -2.50.